The molecule has 3 aromatic rings. The van der Waals surface area contributed by atoms with Gasteiger partial charge < -0.3 is 28.5 Å². The van der Waals surface area contributed by atoms with E-state index in [-0.39, 0.29) is 11.3 Å². The molecule has 0 saturated heterocycles. The summed E-state index contributed by atoms with van der Waals surface area (Å²) >= 11 is 6.12. The number of likely N-dealkylation sites (N-methyl/N-ethyl adjacent to an activating group) is 1. The zero-order valence-corrected chi connectivity index (χ0v) is 18.9. The zero-order valence-electron chi connectivity index (χ0n) is 18.1. The Kier molecular flexibility index (Phi) is 5.75. The summed E-state index contributed by atoms with van der Waals surface area (Å²) in [5.74, 6) is -0.517. The van der Waals surface area contributed by atoms with E-state index in [0.717, 1.165) is 0 Å². The Balaban J connectivity index is 1.80. The lowest BCUT2D eigenvalue weighted by Crippen LogP contribution is -2.36. The highest BCUT2D eigenvalue weighted by molar-refractivity contribution is 6.31. The number of fused-ring (bicyclic) bond motifs is 1. The third kappa shape index (κ3) is 3.76. The number of nitrogens with zero attached hydrogens (tertiary/aromatic N) is 2. The molecule has 2 aromatic heterocycles. The van der Waals surface area contributed by atoms with Crippen molar-refractivity contribution < 1.29 is 28.3 Å². The number of aliphatic hydroxyl groups is 1. The number of Topliss-reactive ketones (excluding diaryl/α,β-unsaturated/α-hetero) is 1. The highest BCUT2D eigenvalue weighted by Gasteiger charge is 2.46. The van der Waals surface area contributed by atoms with E-state index >= 15 is 0 Å². The molecule has 9 heteroatoms. The van der Waals surface area contributed by atoms with Crippen LogP contribution in [0.5, 0.6) is 5.75 Å². The molecule has 0 saturated carbocycles. The number of methoxy groups -OCH3 is 1. The van der Waals surface area contributed by atoms with Gasteiger partial charge in [-0.3, -0.25) is 9.59 Å². The van der Waals surface area contributed by atoms with E-state index in [1.54, 1.807) is 31.2 Å². The molecule has 1 amide bonds. The number of hydrogen-bond acceptors (Lipinski definition) is 7. The number of hydrogen-bond donors (Lipinski definition) is 1. The van der Waals surface area contributed by atoms with E-state index in [0.29, 0.717) is 46.4 Å². The maximum Gasteiger partial charge on any atom is 0.290 e. The molecule has 32 heavy (non-hydrogen) atoms. The first kappa shape index (κ1) is 22.0. The lowest BCUT2D eigenvalue weighted by atomic mass is 9.99. The number of amides is 1. The van der Waals surface area contributed by atoms with E-state index < -0.39 is 23.5 Å². The number of carbonyl (C=O) groups excluding carboxylic acids is 2. The first-order valence-corrected chi connectivity index (χ1v) is 10.4. The summed E-state index contributed by atoms with van der Waals surface area (Å²) < 4.78 is 16.8. The number of carbonyl (C=O) groups is 2. The van der Waals surface area contributed by atoms with Gasteiger partial charge in [0.15, 0.2) is 22.9 Å². The first-order valence-electron chi connectivity index (χ1n) is 9.98. The molecule has 8 nitrogen and oxygen atoms in total. The third-order valence-corrected chi connectivity index (χ3v) is 5.58. The SMILES string of the molecule is COc1cc(Cl)cc2cc(C(=O)C3=C(O)C(=O)N(CCN(C)C)C3c3ccc(C)o3)oc12. The predicted octanol–water partition coefficient (Wildman–Crippen LogP) is 4.14. The number of benzene rings is 1. The van der Waals surface area contributed by atoms with Crippen molar-refractivity contribution in [3.63, 3.8) is 0 Å². The van der Waals surface area contributed by atoms with Crippen LogP contribution in [0.3, 0.4) is 0 Å². The van der Waals surface area contributed by atoms with Crippen LogP contribution in [0.15, 0.2) is 50.5 Å². The van der Waals surface area contributed by atoms with E-state index in [1.807, 2.05) is 19.0 Å². The van der Waals surface area contributed by atoms with Crippen LogP contribution in [0.2, 0.25) is 5.02 Å². The summed E-state index contributed by atoms with van der Waals surface area (Å²) in [6.45, 7) is 2.60. The van der Waals surface area contributed by atoms with E-state index in [1.165, 1.54) is 18.1 Å². The minimum Gasteiger partial charge on any atom is -0.503 e. The minimum atomic E-state index is -0.873. The maximum atomic E-state index is 13.5. The van der Waals surface area contributed by atoms with Gasteiger partial charge >= 0.3 is 0 Å². The van der Waals surface area contributed by atoms with Gasteiger partial charge in [0, 0.05) is 29.6 Å². The van der Waals surface area contributed by atoms with Gasteiger partial charge in [0.2, 0.25) is 5.78 Å². The molecule has 1 aromatic carbocycles. The number of ether oxygens (including phenoxy) is 1. The molecule has 168 valence electrons. The van der Waals surface area contributed by atoms with Crippen LogP contribution in [0, 0.1) is 6.92 Å². The second kappa shape index (κ2) is 8.37. The van der Waals surface area contributed by atoms with Gasteiger partial charge in [-0.25, -0.2) is 0 Å². The molecule has 0 fully saturated rings. The molecule has 0 bridgehead atoms. The van der Waals surface area contributed by atoms with Gasteiger partial charge in [-0.1, -0.05) is 11.6 Å². The van der Waals surface area contributed by atoms with Crippen molar-refractivity contribution >= 4 is 34.3 Å². The number of aryl methyl sites for hydroxylation is 1. The van der Waals surface area contributed by atoms with Crippen LogP contribution >= 0.6 is 11.6 Å². The molecule has 0 spiro atoms. The Morgan fingerprint density at radius 3 is 2.62 bits per heavy atom. The van der Waals surface area contributed by atoms with Crippen LogP contribution in [0.1, 0.15) is 28.1 Å². The lowest BCUT2D eigenvalue weighted by molar-refractivity contribution is -0.129. The largest absolute Gasteiger partial charge is 0.503 e. The smallest absolute Gasteiger partial charge is 0.290 e. The van der Waals surface area contributed by atoms with Gasteiger partial charge in [0.1, 0.15) is 17.6 Å². The number of halogens is 1. The summed E-state index contributed by atoms with van der Waals surface area (Å²) in [6, 6.07) is 7.31. The molecular weight excluding hydrogens is 436 g/mol. The molecule has 1 aliphatic heterocycles. The van der Waals surface area contributed by atoms with Gasteiger partial charge in [0.25, 0.3) is 5.91 Å². The third-order valence-electron chi connectivity index (χ3n) is 5.36. The quantitative estimate of drug-likeness (QED) is 0.531. The Morgan fingerprint density at radius 2 is 2.00 bits per heavy atom. The number of furan rings is 2. The van der Waals surface area contributed by atoms with Gasteiger partial charge in [0.05, 0.1) is 12.7 Å². The normalized spacial score (nSPS) is 16.6. The van der Waals surface area contributed by atoms with Crippen molar-refractivity contribution in [2.45, 2.75) is 13.0 Å². The van der Waals surface area contributed by atoms with Crippen LogP contribution < -0.4 is 4.74 Å². The van der Waals surface area contributed by atoms with Gasteiger partial charge in [-0.05, 0) is 45.3 Å². The van der Waals surface area contributed by atoms with Crippen molar-refractivity contribution in [3.05, 3.63) is 64.0 Å². The van der Waals surface area contributed by atoms with E-state index in [2.05, 4.69) is 0 Å². The molecule has 1 N–H and O–H groups in total. The first-order chi connectivity index (χ1) is 15.2. The molecular formula is C23H23ClN2O6. The second-order valence-corrected chi connectivity index (χ2v) is 8.32. The van der Waals surface area contributed by atoms with Crippen molar-refractivity contribution in [3.8, 4) is 5.75 Å². The summed E-state index contributed by atoms with van der Waals surface area (Å²) in [5, 5.41) is 11.7. The maximum absolute atomic E-state index is 13.5. The van der Waals surface area contributed by atoms with Crippen molar-refractivity contribution in [2.75, 3.05) is 34.3 Å². The van der Waals surface area contributed by atoms with E-state index in [4.69, 9.17) is 25.2 Å². The Hall–Kier alpha value is -3.23. The topological polar surface area (TPSA) is 96.4 Å². The predicted molar refractivity (Wildman–Crippen MR) is 118 cm³/mol. The number of ketones is 1. The zero-order chi connectivity index (χ0) is 23.2. The lowest BCUT2D eigenvalue weighted by Gasteiger charge is -2.26. The van der Waals surface area contributed by atoms with Crippen molar-refractivity contribution in [1.82, 2.24) is 9.80 Å². The highest BCUT2D eigenvalue weighted by atomic mass is 35.5. The summed E-state index contributed by atoms with van der Waals surface area (Å²) in [4.78, 5) is 29.8. The average molecular weight is 459 g/mol. The molecule has 1 unspecified atom stereocenters. The molecule has 1 atom stereocenters. The molecule has 0 aliphatic carbocycles. The monoisotopic (exact) mass is 458 g/mol. The fourth-order valence-electron chi connectivity index (χ4n) is 3.80. The van der Waals surface area contributed by atoms with Crippen molar-refractivity contribution in [1.29, 1.82) is 0 Å². The van der Waals surface area contributed by atoms with Crippen LogP contribution in [0.4, 0.5) is 0 Å². The van der Waals surface area contributed by atoms with Crippen LogP contribution in [-0.4, -0.2) is 60.9 Å². The molecule has 3 heterocycles. The molecule has 0 radical (unpaired) electrons. The van der Waals surface area contributed by atoms with Crippen LogP contribution in [0.25, 0.3) is 11.0 Å². The van der Waals surface area contributed by atoms with Gasteiger partial charge in [-0.2, -0.15) is 0 Å². The summed E-state index contributed by atoms with van der Waals surface area (Å²) in [6.07, 6.45) is 0. The summed E-state index contributed by atoms with van der Waals surface area (Å²) in [5.41, 5.74) is 0.256. The van der Waals surface area contributed by atoms with Gasteiger partial charge in [-0.15, -0.1) is 0 Å². The summed E-state index contributed by atoms with van der Waals surface area (Å²) in [7, 11) is 5.22. The molecule has 1 aliphatic rings. The van der Waals surface area contributed by atoms with Crippen LogP contribution in [-0.2, 0) is 4.79 Å². The van der Waals surface area contributed by atoms with E-state index in [9.17, 15) is 14.7 Å². The fourth-order valence-corrected chi connectivity index (χ4v) is 4.02. The Bertz CT molecular complexity index is 1240. The molecule has 4 rings (SSSR count). The number of rotatable bonds is 7. The average Bonchev–Trinajstić information content (AvgIpc) is 3.42. The standard InChI is InChI=1S/C23H23ClN2O6/c1-12-5-6-15(31-12)19-18(21(28)23(29)26(19)8-7-25(2)3)20(27)16-10-13-9-14(24)11-17(30-4)22(13)32-16/h5-6,9-11,19,28H,7-8H2,1-4H3. The fraction of sp³-hybridized carbons (Fsp3) is 0.304. The number of aliphatic hydroxyl groups excluding tert-OH is 1. The Morgan fingerprint density at radius 1 is 1.25 bits per heavy atom. The minimum absolute atomic E-state index is 0.0438. The second-order valence-electron chi connectivity index (χ2n) is 7.88. The van der Waals surface area contributed by atoms with Crippen molar-refractivity contribution in [2.24, 2.45) is 0 Å². The highest BCUT2D eigenvalue weighted by Crippen LogP contribution is 2.41. The Labute approximate surface area is 189 Å².